The summed E-state index contributed by atoms with van der Waals surface area (Å²) in [4.78, 5) is 27.5. The Balaban J connectivity index is 0.000000302. The summed E-state index contributed by atoms with van der Waals surface area (Å²) in [5.41, 5.74) is 4.20. The molecule has 0 spiro atoms. The van der Waals surface area contributed by atoms with Crippen molar-refractivity contribution in [1.82, 2.24) is 19.6 Å². The number of benzene rings is 1. The minimum Gasteiger partial charge on any atom is -0.385 e. The third-order valence-electron chi connectivity index (χ3n) is 7.27. The van der Waals surface area contributed by atoms with E-state index in [2.05, 4.69) is 29.6 Å². The van der Waals surface area contributed by atoms with Crippen LogP contribution in [0.2, 0.25) is 0 Å². The van der Waals surface area contributed by atoms with Crippen molar-refractivity contribution >= 4 is 11.6 Å². The normalized spacial score (nSPS) is 15.9. The Morgan fingerprint density at radius 1 is 1.03 bits per heavy atom. The van der Waals surface area contributed by atoms with E-state index in [1.165, 1.54) is 32.1 Å². The van der Waals surface area contributed by atoms with E-state index in [0.717, 1.165) is 55.5 Å². The lowest BCUT2D eigenvalue weighted by atomic mass is 9.95. The maximum Gasteiger partial charge on any atom is 0.271 e. The molecule has 0 bridgehead atoms. The van der Waals surface area contributed by atoms with Gasteiger partial charge in [0.25, 0.3) is 11.5 Å². The number of aromatic nitrogens is 2. The van der Waals surface area contributed by atoms with Gasteiger partial charge in [-0.15, -0.1) is 0 Å². The van der Waals surface area contributed by atoms with Gasteiger partial charge in [0.05, 0.1) is 12.1 Å². The first-order valence-corrected chi connectivity index (χ1v) is 12.9. The molecule has 1 saturated carbocycles. The second-order valence-corrected chi connectivity index (χ2v) is 9.77. The van der Waals surface area contributed by atoms with Crippen LogP contribution in [0, 0.1) is 13.8 Å². The van der Waals surface area contributed by atoms with Gasteiger partial charge in [-0.2, -0.15) is 0 Å². The molecule has 4 rings (SSSR count). The number of hydrogen-bond donors (Lipinski definition) is 2. The van der Waals surface area contributed by atoms with E-state index in [-0.39, 0.29) is 18.0 Å². The van der Waals surface area contributed by atoms with Crippen molar-refractivity contribution in [3.8, 4) is 0 Å². The van der Waals surface area contributed by atoms with Gasteiger partial charge in [-0.05, 0) is 78.2 Å². The summed E-state index contributed by atoms with van der Waals surface area (Å²) < 4.78 is 3.85. The lowest BCUT2D eigenvalue weighted by molar-refractivity contribution is 0.0950. The number of fused-ring (bicyclic) bond motifs is 1. The molecule has 1 aromatic heterocycles. The molecule has 2 aromatic rings. The summed E-state index contributed by atoms with van der Waals surface area (Å²) in [6.45, 7) is 8.62. The van der Waals surface area contributed by atoms with Crippen LogP contribution in [0.4, 0.5) is 5.69 Å². The van der Waals surface area contributed by atoms with Gasteiger partial charge in [-0.3, -0.25) is 19.0 Å². The summed E-state index contributed by atoms with van der Waals surface area (Å²) in [7, 11) is 4.38. The van der Waals surface area contributed by atoms with E-state index >= 15 is 0 Å². The fourth-order valence-corrected chi connectivity index (χ4v) is 5.12. The Labute approximate surface area is 204 Å². The lowest BCUT2D eigenvalue weighted by Crippen LogP contribution is -2.30. The summed E-state index contributed by atoms with van der Waals surface area (Å²) in [5.74, 6) is -0.148. The van der Waals surface area contributed by atoms with Crippen LogP contribution >= 0.6 is 0 Å². The van der Waals surface area contributed by atoms with Crippen molar-refractivity contribution in [2.45, 2.75) is 91.4 Å². The highest BCUT2D eigenvalue weighted by Crippen LogP contribution is 2.20. The van der Waals surface area contributed by atoms with E-state index < -0.39 is 0 Å². The van der Waals surface area contributed by atoms with Gasteiger partial charge in [-0.25, -0.2) is 0 Å². The SMILES string of the molecule is CCNc1cccc(C(=O)NCc2c(C)n3n(c2=O)CCCC3)c1C.CN(C)C1CCCCC1. The van der Waals surface area contributed by atoms with Crippen molar-refractivity contribution in [3.63, 3.8) is 0 Å². The fourth-order valence-electron chi connectivity index (χ4n) is 5.12. The van der Waals surface area contributed by atoms with Gasteiger partial charge in [0.15, 0.2) is 0 Å². The molecule has 2 aliphatic rings. The van der Waals surface area contributed by atoms with Crippen LogP contribution in [0.5, 0.6) is 0 Å². The predicted molar refractivity (Wildman–Crippen MR) is 140 cm³/mol. The molecule has 2 heterocycles. The van der Waals surface area contributed by atoms with Crippen molar-refractivity contribution in [1.29, 1.82) is 0 Å². The minimum atomic E-state index is -0.148. The van der Waals surface area contributed by atoms with E-state index in [4.69, 9.17) is 0 Å². The van der Waals surface area contributed by atoms with Crippen LogP contribution in [0.3, 0.4) is 0 Å². The summed E-state index contributed by atoms with van der Waals surface area (Å²) in [5, 5.41) is 6.18. The van der Waals surface area contributed by atoms with Crippen LogP contribution in [0.1, 0.15) is 79.0 Å². The van der Waals surface area contributed by atoms with Gasteiger partial charge in [0.1, 0.15) is 0 Å². The molecular formula is C27H43N5O2. The monoisotopic (exact) mass is 469 g/mol. The second-order valence-electron chi connectivity index (χ2n) is 9.77. The summed E-state index contributed by atoms with van der Waals surface area (Å²) in [6.07, 6.45) is 9.33. The molecule has 1 fully saturated rings. The van der Waals surface area contributed by atoms with Crippen molar-refractivity contribution in [3.05, 3.63) is 50.9 Å². The number of anilines is 1. The van der Waals surface area contributed by atoms with E-state index in [9.17, 15) is 9.59 Å². The minimum absolute atomic E-state index is 0.0237. The molecule has 0 atom stereocenters. The maximum atomic E-state index is 12.6. The molecule has 1 aromatic carbocycles. The largest absolute Gasteiger partial charge is 0.385 e. The molecule has 188 valence electrons. The van der Waals surface area contributed by atoms with Gasteiger partial charge in [0, 0.05) is 42.6 Å². The topological polar surface area (TPSA) is 71.3 Å². The average molecular weight is 470 g/mol. The molecule has 2 N–H and O–H groups in total. The number of rotatable bonds is 6. The highest BCUT2D eigenvalue weighted by atomic mass is 16.2. The van der Waals surface area contributed by atoms with E-state index in [1.54, 1.807) is 4.68 Å². The second kappa shape index (κ2) is 12.2. The number of carbonyl (C=O) groups excluding carboxylic acids is 1. The van der Waals surface area contributed by atoms with Crippen LogP contribution in [0.15, 0.2) is 23.0 Å². The van der Waals surface area contributed by atoms with Crippen LogP contribution in [0.25, 0.3) is 0 Å². The molecule has 1 amide bonds. The molecule has 0 radical (unpaired) electrons. The van der Waals surface area contributed by atoms with Crippen molar-refractivity contribution in [2.24, 2.45) is 0 Å². The van der Waals surface area contributed by atoms with Crippen molar-refractivity contribution in [2.75, 3.05) is 26.0 Å². The quantitative estimate of drug-likeness (QED) is 0.662. The summed E-state index contributed by atoms with van der Waals surface area (Å²) in [6, 6.07) is 6.54. The highest BCUT2D eigenvalue weighted by Gasteiger charge is 2.20. The Hall–Kier alpha value is -2.54. The zero-order valence-electron chi connectivity index (χ0n) is 21.7. The Morgan fingerprint density at radius 3 is 2.29 bits per heavy atom. The van der Waals surface area contributed by atoms with E-state index in [1.807, 2.05) is 43.7 Å². The van der Waals surface area contributed by atoms with E-state index in [0.29, 0.717) is 11.1 Å². The lowest BCUT2D eigenvalue weighted by Gasteiger charge is -2.27. The first-order valence-electron chi connectivity index (χ1n) is 12.9. The number of amides is 1. The zero-order valence-corrected chi connectivity index (χ0v) is 21.7. The molecule has 0 saturated heterocycles. The molecule has 1 aliphatic carbocycles. The Bertz CT molecular complexity index is 1010. The molecule has 7 heteroatoms. The molecule has 1 aliphatic heterocycles. The third kappa shape index (κ3) is 6.12. The maximum absolute atomic E-state index is 12.6. The van der Waals surface area contributed by atoms with Gasteiger partial charge in [-0.1, -0.05) is 25.3 Å². The third-order valence-corrected chi connectivity index (χ3v) is 7.27. The van der Waals surface area contributed by atoms with Crippen LogP contribution in [-0.4, -0.2) is 46.9 Å². The first-order chi connectivity index (χ1) is 16.3. The Morgan fingerprint density at radius 2 is 1.71 bits per heavy atom. The molecule has 34 heavy (non-hydrogen) atoms. The molecular weight excluding hydrogens is 426 g/mol. The smallest absolute Gasteiger partial charge is 0.271 e. The standard InChI is InChI=1S/C19H26N4O2.C8H17N/c1-4-20-17-9-7-8-15(13(17)2)18(24)21-12-16-14(3)22-10-5-6-11-23(22)19(16)25;1-9(2)8-6-4-3-5-7-8/h7-9,20H,4-6,10-12H2,1-3H3,(H,21,24);8H,3-7H2,1-2H3. The number of hydrogen-bond acceptors (Lipinski definition) is 4. The number of nitrogens with one attached hydrogen (secondary N) is 2. The zero-order chi connectivity index (χ0) is 24.7. The van der Waals surface area contributed by atoms with Crippen LogP contribution < -0.4 is 16.2 Å². The predicted octanol–water partition coefficient (Wildman–Crippen LogP) is 4.30. The molecule has 7 nitrogen and oxygen atoms in total. The average Bonchev–Trinajstić information content (AvgIpc) is 3.09. The van der Waals surface area contributed by atoms with Crippen LogP contribution in [-0.2, 0) is 19.6 Å². The Kier molecular flexibility index (Phi) is 9.39. The summed E-state index contributed by atoms with van der Waals surface area (Å²) >= 11 is 0. The molecule has 0 unspecified atom stereocenters. The van der Waals surface area contributed by atoms with Crippen molar-refractivity contribution < 1.29 is 4.79 Å². The first kappa shape index (κ1) is 26.1. The van der Waals surface area contributed by atoms with Gasteiger partial charge in [0.2, 0.25) is 0 Å². The fraction of sp³-hybridized carbons (Fsp3) is 0.630. The highest BCUT2D eigenvalue weighted by molar-refractivity contribution is 5.97. The van der Waals surface area contributed by atoms with Gasteiger partial charge < -0.3 is 15.5 Å². The number of carbonyl (C=O) groups is 1. The number of nitrogens with zero attached hydrogens (tertiary/aromatic N) is 3. The van der Waals surface area contributed by atoms with Gasteiger partial charge >= 0.3 is 0 Å².